The van der Waals surface area contributed by atoms with Gasteiger partial charge in [-0.15, -0.1) is 12.4 Å². The SMILES string of the molecule is CC1(NC(=O)Cc2cccnc2)CCNCC1.Cl. The van der Waals surface area contributed by atoms with Crippen LogP contribution in [0, 0.1) is 0 Å². The molecule has 2 rings (SSSR count). The molecule has 0 atom stereocenters. The quantitative estimate of drug-likeness (QED) is 0.870. The van der Waals surface area contributed by atoms with Crippen LogP contribution in [-0.2, 0) is 11.2 Å². The summed E-state index contributed by atoms with van der Waals surface area (Å²) < 4.78 is 0. The Kier molecular flexibility index (Phi) is 5.56. The molecule has 1 saturated heterocycles. The minimum Gasteiger partial charge on any atom is -0.351 e. The normalized spacial score (nSPS) is 17.6. The van der Waals surface area contributed by atoms with Crippen molar-refractivity contribution >= 4 is 18.3 Å². The van der Waals surface area contributed by atoms with E-state index in [1.165, 1.54) is 0 Å². The summed E-state index contributed by atoms with van der Waals surface area (Å²) in [5.41, 5.74) is 0.910. The zero-order valence-corrected chi connectivity index (χ0v) is 11.4. The van der Waals surface area contributed by atoms with E-state index in [1.54, 1.807) is 12.4 Å². The van der Waals surface area contributed by atoms with Crippen molar-refractivity contribution in [2.45, 2.75) is 31.7 Å². The van der Waals surface area contributed by atoms with E-state index in [4.69, 9.17) is 0 Å². The van der Waals surface area contributed by atoms with Crippen LogP contribution in [0.3, 0.4) is 0 Å². The topological polar surface area (TPSA) is 54.0 Å². The van der Waals surface area contributed by atoms with Crippen molar-refractivity contribution in [3.63, 3.8) is 0 Å². The number of carbonyl (C=O) groups is 1. The summed E-state index contributed by atoms with van der Waals surface area (Å²) in [4.78, 5) is 15.9. The summed E-state index contributed by atoms with van der Waals surface area (Å²) in [6, 6.07) is 3.78. The number of amides is 1. The first kappa shape index (κ1) is 14.9. The number of carbonyl (C=O) groups excluding carboxylic acids is 1. The molecule has 0 aromatic carbocycles. The van der Waals surface area contributed by atoms with Crippen molar-refractivity contribution < 1.29 is 4.79 Å². The first-order valence-corrected chi connectivity index (χ1v) is 6.09. The highest BCUT2D eigenvalue weighted by atomic mass is 35.5. The Bertz CT molecular complexity index is 377. The van der Waals surface area contributed by atoms with Gasteiger partial charge in [0.15, 0.2) is 0 Å². The summed E-state index contributed by atoms with van der Waals surface area (Å²) in [6.07, 6.45) is 5.86. The van der Waals surface area contributed by atoms with Crippen LogP contribution in [0.25, 0.3) is 0 Å². The lowest BCUT2D eigenvalue weighted by Gasteiger charge is -2.35. The number of rotatable bonds is 3. The summed E-state index contributed by atoms with van der Waals surface area (Å²) in [5.74, 6) is 0.0856. The van der Waals surface area contributed by atoms with Gasteiger partial charge in [-0.05, 0) is 44.5 Å². The predicted octanol–water partition coefficient (Wildman–Crippen LogP) is 1.30. The van der Waals surface area contributed by atoms with Crippen LogP contribution in [0.2, 0.25) is 0 Å². The third-order valence-electron chi connectivity index (χ3n) is 3.24. The number of nitrogens with one attached hydrogen (secondary N) is 2. The molecule has 5 heteroatoms. The van der Waals surface area contributed by atoms with Gasteiger partial charge in [-0.1, -0.05) is 6.07 Å². The number of hydrogen-bond donors (Lipinski definition) is 2. The van der Waals surface area contributed by atoms with E-state index in [0.29, 0.717) is 6.42 Å². The molecule has 2 N–H and O–H groups in total. The average molecular weight is 270 g/mol. The molecule has 0 saturated carbocycles. The number of aromatic nitrogens is 1. The fourth-order valence-electron chi connectivity index (χ4n) is 2.17. The Labute approximate surface area is 114 Å². The second-order valence-corrected chi connectivity index (χ2v) is 4.90. The maximum Gasteiger partial charge on any atom is 0.224 e. The second-order valence-electron chi connectivity index (χ2n) is 4.90. The number of pyridine rings is 1. The van der Waals surface area contributed by atoms with Crippen molar-refractivity contribution in [2.24, 2.45) is 0 Å². The summed E-state index contributed by atoms with van der Waals surface area (Å²) in [5, 5.41) is 6.44. The molecule has 1 aromatic rings. The van der Waals surface area contributed by atoms with Gasteiger partial charge in [0, 0.05) is 17.9 Å². The molecule has 0 unspecified atom stereocenters. The van der Waals surface area contributed by atoms with E-state index in [1.807, 2.05) is 12.1 Å². The lowest BCUT2D eigenvalue weighted by Crippen LogP contribution is -2.52. The standard InChI is InChI=1S/C13H19N3O.ClH/c1-13(4-7-14-8-5-13)16-12(17)9-11-3-2-6-15-10-11;/h2-3,6,10,14H,4-5,7-9H2,1H3,(H,16,17);1H. The smallest absolute Gasteiger partial charge is 0.224 e. The Morgan fingerprint density at radius 2 is 2.22 bits per heavy atom. The van der Waals surface area contributed by atoms with Crippen molar-refractivity contribution in [3.05, 3.63) is 30.1 Å². The lowest BCUT2D eigenvalue weighted by molar-refractivity contribution is -0.122. The van der Waals surface area contributed by atoms with Crippen LogP contribution in [0.5, 0.6) is 0 Å². The van der Waals surface area contributed by atoms with Crippen LogP contribution < -0.4 is 10.6 Å². The Hall–Kier alpha value is -1.13. The molecule has 2 heterocycles. The Balaban J connectivity index is 0.00000162. The molecule has 0 spiro atoms. The fraction of sp³-hybridized carbons (Fsp3) is 0.538. The largest absolute Gasteiger partial charge is 0.351 e. The minimum atomic E-state index is -0.0510. The molecule has 1 aliphatic rings. The van der Waals surface area contributed by atoms with Crippen molar-refractivity contribution in [2.75, 3.05) is 13.1 Å². The molecule has 1 fully saturated rings. The van der Waals surface area contributed by atoms with E-state index in [2.05, 4.69) is 22.5 Å². The predicted molar refractivity (Wildman–Crippen MR) is 73.8 cm³/mol. The van der Waals surface area contributed by atoms with Crippen LogP contribution in [0.4, 0.5) is 0 Å². The molecular formula is C13H20ClN3O. The van der Waals surface area contributed by atoms with E-state index < -0.39 is 0 Å². The molecule has 0 aliphatic carbocycles. The van der Waals surface area contributed by atoms with Crippen LogP contribution in [-0.4, -0.2) is 29.5 Å². The summed E-state index contributed by atoms with van der Waals surface area (Å²) >= 11 is 0. The molecule has 0 radical (unpaired) electrons. The highest BCUT2D eigenvalue weighted by molar-refractivity contribution is 5.85. The van der Waals surface area contributed by atoms with Crippen molar-refractivity contribution in [1.29, 1.82) is 0 Å². The maximum atomic E-state index is 11.9. The van der Waals surface area contributed by atoms with Crippen LogP contribution >= 0.6 is 12.4 Å². The Morgan fingerprint density at radius 1 is 1.50 bits per heavy atom. The highest BCUT2D eigenvalue weighted by Gasteiger charge is 2.27. The van der Waals surface area contributed by atoms with Gasteiger partial charge < -0.3 is 10.6 Å². The first-order valence-electron chi connectivity index (χ1n) is 6.09. The number of nitrogens with zero attached hydrogens (tertiary/aromatic N) is 1. The second kappa shape index (κ2) is 6.71. The third-order valence-corrected chi connectivity index (χ3v) is 3.24. The summed E-state index contributed by atoms with van der Waals surface area (Å²) in [7, 11) is 0. The van der Waals surface area contributed by atoms with Gasteiger partial charge in [-0.25, -0.2) is 0 Å². The molecule has 4 nitrogen and oxygen atoms in total. The first-order chi connectivity index (χ1) is 8.18. The van der Waals surface area contributed by atoms with Gasteiger partial charge in [-0.3, -0.25) is 9.78 Å². The fourth-order valence-corrected chi connectivity index (χ4v) is 2.17. The number of piperidine rings is 1. The van der Waals surface area contributed by atoms with E-state index in [0.717, 1.165) is 31.5 Å². The molecule has 1 amide bonds. The zero-order chi connectivity index (χ0) is 12.1. The molecule has 1 aromatic heterocycles. The van der Waals surface area contributed by atoms with Gasteiger partial charge in [0.2, 0.25) is 5.91 Å². The molecule has 18 heavy (non-hydrogen) atoms. The van der Waals surface area contributed by atoms with Gasteiger partial charge >= 0.3 is 0 Å². The van der Waals surface area contributed by atoms with Gasteiger partial charge in [-0.2, -0.15) is 0 Å². The van der Waals surface area contributed by atoms with E-state index in [-0.39, 0.29) is 23.9 Å². The molecular weight excluding hydrogens is 250 g/mol. The molecule has 1 aliphatic heterocycles. The third kappa shape index (κ3) is 4.27. The minimum absolute atomic E-state index is 0. The molecule has 0 bridgehead atoms. The van der Waals surface area contributed by atoms with Crippen molar-refractivity contribution in [1.82, 2.24) is 15.6 Å². The van der Waals surface area contributed by atoms with Crippen LogP contribution in [0.15, 0.2) is 24.5 Å². The van der Waals surface area contributed by atoms with Gasteiger partial charge in [0.05, 0.1) is 6.42 Å². The Morgan fingerprint density at radius 3 is 2.83 bits per heavy atom. The van der Waals surface area contributed by atoms with E-state index in [9.17, 15) is 4.79 Å². The van der Waals surface area contributed by atoms with Gasteiger partial charge in [0.1, 0.15) is 0 Å². The zero-order valence-electron chi connectivity index (χ0n) is 10.6. The average Bonchev–Trinajstić information content (AvgIpc) is 2.30. The monoisotopic (exact) mass is 269 g/mol. The lowest BCUT2D eigenvalue weighted by atomic mass is 9.90. The van der Waals surface area contributed by atoms with Gasteiger partial charge in [0.25, 0.3) is 0 Å². The number of halogens is 1. The number of hydrogen-bond acceptors (Lipinski definition) is 3. The molecule has 100 valence electrons. The summed E-state index contributed by atoms with van der Waals surface area (Å²) in [6.45, 7) is 4.07. The van der Waals surface area contributed by atoms with Crippen LogP contribution in [0.1, 0.15) is 25.3 Å². The van der Waals surface area contributed by atoms with Crippen molar-refractivity contribution in [3.8, 4) is 0 Å². The maximum absolute atomic E-state index is 11.9. The highest BCUT2D eigenvalue weighted by Crippen LogP contribution is 2.17. The van der Waals surface area contributed by atoms with E-state index >= 15 is 0 Å².